The first-order valence-electron chi connectivity index (χ1n) is 9.20. The number of carboxylic acid groups (broad SMARTS) is 1. The van der Waals surface area contributed by atoms with Gasteiger partial charge in [0.05, 0.1) is 5.56 Å². The summed E-state index contributed by atoms with van der Waals surface area (Å²) in [6.07, 6.45) is 3.50. The molecule has 0 spiro atoms. The summed E-state index contributed by atoms with van der Waals surface area (Å²) in [4.78, 5) is 13.7. The third-order valence-corrected chi connectivity index (χ3v) is 5.35. The lowest BCUT2D eigenvalue weighted by atomic mass is 10.0. The van der Waals surface area contributed by atoms with Crippen molar-refractivity contribution in [2.45, 2.75) is 32.2 Å². The average Bonchev–Trinajstić information content (AvgIpc) is 3.24. The minimum atomic E-state index is -0.908. The van der Waals surface area contributed by atoms with Crippen molar-refractivity contribution in [1.29, 1.82) is 0 Å². The minimum Gasteiger partial charge on any atom is -0.478 e. The summed E-state index contributed by atoms with van der Waals surface area (Å²) in [6.45, 7) is 4.52. The van der Waals surface area contributed by atoms with Gasteiger partial charge in [0.2, 0.25) is 0 Å². The third-order valence-electron chi connectivity index (χ3n) is 5.35. The fourth-order valence-corrected chi connectivity index (χ4v) is 3.81. The maximum absolute atomic E-state index is 11.2. The second-order valence-electron chi connectivity index (χ2n) is 7.13. The van der Waals surface area contributed by atoms with E-state index in [9.17, 15) is 9.90 Å². The molecule has 1 aromatic heterocycles. The van der Waals surface area contributed by atoms with Crippen molar-refractivity contribution in [2.24, 2.45) is 0 Å². The van der Waals surface area contributed by atoms with Crippen molar-refractivity contribution in [1.82, 2.24) is 4.90 Å². The van der Waals surface area contributed by atoms with Crippen LogP contribution in [0.1, 0.15) is 35.9 Å². The molecule has 1 saturated heterocycles. The number of benzene rings is 2. The fourth-order valence-electron chi connectivity index (χ4n) is 3.81. The number of carboxylic acids is 1. The largest absolute Gasteiger partial charge is 0.478 e. The number of carbonyl (C=O) groups is 1. The van der Waals surface area contributed by atoms with Gasteiger partial charge in [-0.05, 0) is 67.8 Å². The number of hydrogen-bond donors (Lipinski definition) is 1. The molecule has 134 valence electrons. The molecule has 2 heterocycles. The summed E-state index contributed by atoms with van der Waals surface area (Å²) in [5.74, 6) is 0.102. The van der Waals surface area contributed by atoms with E-state index in [2.05, 4.69) is 24.0 Å². The monoisotopic (exact) mass is 349 g/mol. The van der Waals surface area contributed by atoms with E-state index in [1.54, 1.807) is 18.2 Å². The lowest BCUT2D eigenvalue weighted by Crippen LogP contribution is -2.28. The van der Waals surface area contributed by atoms with Gasteiger partial charge in [0.1, 0.15) is 11.3 Å². The lowest BCUT2D eigenvalue weighted by Gasteiger charge is -2.19. The van der Waals surface area contributed by atoms with Gasteiger partial charge in [-0.2, -0.15) is 0 Å². The van der Waals surface area contributed by atoms with Gasteiger partial charge in [0.15, 0.2) is 0 Å². The smallest absolute Gasteiger partial charge is 0.335 e. The number of furan rings is 1. The highest BCUT2D eigenvalue weighted by molar-refractivity contribution is 5.90. The standard InChI is InChI=1S/C22H23NO3/c1-15-4-3-10-23(15)11-9-20-14-19-13-17(7-8-21(19)26-20)16-5-2-6-18(12-16)22(24)25/h2,5-8,12-15H,3-4,9-11H2,1H3,(H,24,25). The van der Waals surface area contributed by atoms with Crippen molar-refractivity contribution in [3.8, 4) is 11.1 Å². The molecular weight excluding hydrogens is 326 g/mol. The molecule has 0 radical (unpaired) electrons. The molecule has 0 saturated carbocycles. The van der Waals surface area contributed by atoms with Gasteiger partial charge in [-0.1, -0.05) is 18.2 Å². The highest BCUT2D eigenvalue weighted by Gasteiger charge is 2.20. The highest BCUT2D eigenvalue weighted by Crippen LogP contribution is 2.28. The van der Waals surface area contributed by atoms with Crippen LogP contribution < -0.4 is 0 Å². The first-order valence-corrected chi connectivity index (χ1v) is 9.20. The molecule has 1 N–H and O–H groups in total. The summed E-state index contributed by atoms with van der Waals surface area (Å²) in [5.41, 5.74) is 3.09. The SMILES string of the molecule is CC1CCCN1CCc1cc2cc(-c3cccc(C(=O)O)c3)ccc2o1. The van der Waals surface area contributed by atoms with Crippen LogP contribution in [0.2, 0.25) is 0 Å². The summed E-state index contributed by atoms with van der Waals surface area (Å²) in [6, 6.07) is 15.8. The Hall–Kier alpha value is -2.59. The Morgan fingerprint density at radius 3 is 2.81 bits per heavy atom. The molecule has 0 aliphatic carbocycles. The van der Waals surface area contributed by atoms with E-state index in [1.165, 1.54) is 19.4 Å². The Morgan fingerprint density at radius 1 is 1.19 bits per heavy atom. The molecule has 1 unspecified atom stereocenters. The van der Waals surface area contributed by atoms with E-state index in [0.29, 0.717) is 11.6 Å². The Kier molecular flexibility index (Phi) is 4.51. The number of nitrogens with zero attached hydrogens (tertiary/aromatic N) is 1. The van der Waals surface area contributed by atoms with E-state index in [4.69, 9.17) is 4.42 Å². The van der Waals surface area contributed by atoms with Crippen LogP contribution in [0, 0.1) is 0 Å². The van der Waals surface area contributed by atoms with Gasteiger partial charge < -0.3 is 14.4 Å². The second-order valence-corrected chi connectivity index (χ2v) is 7.13. The van der Waals surface area contributed by atoms with Crippen LogP contribution in [0.5, 0.6) is 0 Å². The highest BCUT2D eigenvalue weighted by atomic mass is 16.4. The Labute approximate surface area is 153 Å². The number of hydrogen-bond acceptors (Lipinski definition) is 3. The molecule has 1 fully saturated rings. The molecule has 1 aliphatic heterocycles. The van der Waals surface area contributed by atoms with Crippen LogP contribution in [0.3, 0.4) is 0 Å². The predicted octanol–water partition coefficient (Wildman–Crippen LogP) is 4.82. The average molecular weight is 349 g/mol. The van der Waals surface area contributed by atoms with Crippen LogP contribution in [-0.4, -0.2) is 35.1 Å². The first-order chi connectivity index (χ1) is 12.6. The Morgan fingerprint density at radius 2 is 2.04 bits per heavy atom. The van der Waals surface area contributed by atoms with E-state index in [1.807, 2.05) is 18.2 Å². The number of rotatable bonds is 5. The molecule has 4 heteroatoms. The van der Waals surface area contributed by atoms with Gasteiger partial charge in [-0.25, -0.2) is 4.79 Å². The zero-order valence-corrected chi connectivity index (χ0v) is 14.9. The Bertz CT molecular complexity index is 943. The molecule has 1 atom stereocenters. The maximum Gasteiger partial charge on any atom is 0.335 e. The zero-order valence-electron chi connectivity index (χ0n) is 14.9. The van der Waals surface area contributed by atoms with Crippen LogP contribution in [0.4, 0.5) is 0 Å². The molecular formula is C22H23NO3. The van der Waals surface area contributed by atoms with Gasteiger partial charge in [0, 0.05) is 24.4 Å². The van der Waals surface area contributed by atoms with Crippen LogP contribution in [-0.2, 0) is 6.42 Å². The van der Waals surface area contributed by atoms with Crippen LogP contribution in [0.15, 0.2) is 52.9 Å². The van der Waals surface area contributed by atoms with Gasteiger partial charge >= 0.3 is 5.97 Å². The van der Waals surface area contributed by atoms with Crippen molar-refractivity contribution < 1.29 is 14.3 Å². The third kappa shape index (κ3) is 3.37. The van der Waals surface area contributed by atoms with E-state index in [-0.39, 0.29) is 0 Å². The van der Waals surface area contributed by atoms with Crippen molar-refractivity contribution in [3.05, 3.63) is 59.9 Å². The summed E-state index contributed by atoms with van der Waals surface area (Å²) < 4.78 is 6.00. The predicted molar refractivity (Wildman–Crippen MR) is 103 cm³/mol. The molecule has 3 aromatic rings. The summed E-state index contributed by atoms with van der Waals surface area (Å²) in [7, 11) is 0. The molecule has 4 rings (SSSR count). The maximum atomic E-state index is 11.2. The van der Waals surface area contributed by atoms with Crippen LogP contribution >= 0.6 is 0 Å². The second kappa shape index (κ2) is 6.96. The minimum absolute atomic E-state index is 0.301. The summed E-state index contributed by atoms with van der Waals surface area (Å²) >= 11 is 0. The Balaban J connectivity index is 1.56. The molecule has 1 aliphatic rings. The normalized spacial score (nSPS) is 17.8. The lowest BCUT2D eigenvalue weighted by molar-refractivity contribution is 0.0697. The molecule has 4 nitrogen and oxygen atoms in total. The number of aromatic carboxylic acids is 1. The van der Waals surface area contributed by atoms with Crippen LogP contribution in [0.25, 0.3) is 22.1 Å². The van der Waals surface area contributed by atoms with Gasteiger partial charge in [-0.15, -0.1) is 0 Å². The summed E-state index contributed by atoms with van der Waals surface area (Å²) in [5, 5.41) is 10.2. The molecule has 2 aromatic carbocycles. The molecule has 0 bridgehead atoms. The van der Waals surface area contributed by atoms with Crippen molar-refractivity contribution >= 4 is 16.9 Å². The van der Waals surface area contributed by atoms with E-state index < -0.39 is 5.97 Å². The van der Waals surface area contributed by atoms with E-state index >= 15 is 0 Å². The molecule has 0 amide bonds. The number of likely N-dealkylation sites (tertiary alicyclic amines) is 1. The first kappa shape index (κ1) is 16.9. The van der Waals surface area contributed by atoms with Crippen molar-refractivity contribution in [2.75, 3.05) is 13.1 Å². The molecule has 26 heavy (non-hydrogen) atoms. The van der Waals surface area contributed by atoms with Gasteiger partial charge in [0.25, 0.3) is 0 Å². The number of fused-ring (bicyclic) bond motifs is 1. The zero-order chi connectivity index (χ0) is 18.1. The topological polar surface area (TPSA) is 53.7 Å². The van der Waals surface area contributed by atoms with Gasteiger partial charge in [-0.3, -0.25) is 0 Å². The quantitative estimate of drug-likeness (QED) is 0.717. The fraction of sp³-hybridized carbons (Fsp3) is 0.318. The van der Waals surface area contributed by atoms with Crippen molar-refractivity contribution in [3.63, 3.8) is 0 Å². The van der Waals surface area contributed by atoms with E-state index in [0.717, 1.165) is 40.8 Å².